The number of halogens is 1. The molecule has 0 aliphatic rings. The molecule has 2 aromatic carbocycles. The van der Waals surface area contributed by atoms with Crippen LogP contribution in [0, 0.1) is 5.82 Å². The minimum atomic E-state index is -0.299. The zero-order valence-corrected chi connectivity index (χ0v) is 10.6. The number of benzene rings is 2. The molecule has 3 rings (SSSR count). The van der Waals surface area contributed by atoms with Gasteiger partial charge in [0.1, 0.15) is 11.4 Å². The van der Waals surface area contributed by atoms with Crippen molar-refractivity contribution in [2.45, 2.75) is 6.42 Å². The molecule has 0 atom stereocenters. The third-order valence-electron chi connectivity index (χ3n) is 3.18. The summed E-state index contributed by atoms with van der Waals surface area (Å²) in [6, 6.07) is 11.0. The molecule has 4 heteroatoms. The maximum absolute atomic E-state index is 12.9. The highest BCUT2D eigenvalue weighted by Gasteiger charge is 2.08. The number of hydrogen-bond acceptors (Lipinski definition) is 3. The Morgan fingerprint density at radius 3 is 2.60 bits per heavy atom. The Morgan fingerprint density at radius 1 is 1.10 bits per heavy atom. The van der Waals surface area contributed by atoms with Crippen molar-refractivity contribution < 1.29 is 8.81 Å². The van der Waals surface area contributed by atoms with Gasteiger partial charge < -0.3 is 10.2 Å². The first kappa shape index (κ1) is 12.4. The molecule has 0 saturated carbocycles. The summed E-state index contributed by atoms with van der Waals surface area (Å²) in [5.74, 6) is -0.299. The second-order valence-electron chi connectivity index (χ2n) is 4.65. The molecule has 1 aromatic heterocycles. The van der Waals surface area contributed by atoms with E-state index < -0.39 is 0 Å². The van der Waals surface area contributed by atoms with Crippen molar-refractivity contribution >= 4 is 16.7 Å². The maximum atomic E-state index is 12.9. The van der Waals surface area contributed by atoms with Gasteiger partial charge in [0.05, 0.1) is 11.6 Å². The largest absolute Gasteiger partial charge is 0.464 e. The fraction of sp³-hybridized carbons (Fsp3) is 0.0625. The van der Waals surface area contributed by atoms with Gasteiger partial charge in [-0.05, 0) is 35.9 Å². The number of nitrogens with two attached hydrogens (primary N) is 1. The molecule has 3 aromatic rings. The van der Waals surface area contributed by atoms with Crippen molar-refractivity contribution in [3.05, 3.63) is 75.9 Å². The Kier molecular flexibility index (Phi) is 2.99. The molecule has 0 aliphatic carbocycles. The molecule has 0 saturated heterocycles. The third-order valence-corrected chi connectivity index (χ3v) is 3.18. The van der Waals surface area contributed by atoms with Crippen molar-refractivity contribution in [2.75, 3.05) is 5.73 Å². The molecule has 100 valence electrons. The summed E-state index contributed by atoms with van der Waals surface area (Å²) in [6.45, 7) is 0. The van der Waals surface area contributed by atoms with Crippen LogP contribution in [0.2, 0.25) is 0 Å². The molecule has 0 unspecified atom stereocenters. The van der Waals surface area contributed by atoms with Crippen molar-refractivity contribution in [3.8, 4) is 0 Å². The van der Waals surface area contributed by atoms with Crippen LogP contribution in [0.4, 0.5) is 10.1 Å². The van der Waals surface area contributed by atoms with E-state index in [1.165, 1.54) is 18.4 Å². The fourth-order valence-electron chi connectivity index (χ4n) is 2.13. The number of hydrogen-bond donors (Lipinski definition) is 1. The summed E-state index contributed by atoms with van der Waals surface area (Å²) in [5, 5.41) is 0.463. The van der Waals surface area contributed by atoms with E-state index >= 15 is 0 Å². The molecule has 0 spiro atoms. The van der Waals surface area contributed by atoms with Gasteiger partial charge in [-0.1, -0.05) is 12.1 Å². The van der Waals surface area contributed by atoms with Crippen LogP contribution in [0.1, 0.15) is 11.1 Å². The average Bonchev–Trinajstić information content (AvgIpc) is 2.45. The van der Waals surface area contributed by atoms with Crippen molar-refractivity contribution in [3.63, 3.8) is 0 Å². The fourth-order valence-corrected chi connectivity index (χ4v) is 2.13. The summed E-state index contributed by atoms with van der Waals surface area (Å²) in [6.07, 6.45) is 1.84. The number of anilines is 1. The molecule has 2 N–H and O–H groups in total. The van der Waals surface area contributed by atoms with Crippen molar-refractivity contribution in [1.29, 1.82) is 0 Å². The lowest BCUT2D eigenvalue weighted by Crippen LogP contribution is -2.09. The molecule has 3 nitrogen and oxygen atoms in total. The van der Waals surface area contributed by atoms with E-state index in [-0.39, 0.29) is 11.2 Å². The van der Waals surface area contributed by atoms with E-state index in [1.54, 1.807) is 30.3 Å². The quantitative estimate of drug-likeness (QED) is 0.727. The van der Waals surface area contributed by atoms with Crippen LogP contribution in [0.25, 0.3) is 11.0 Å². The second kappa shape index (κ2) is 4.81. The highest BCUT2D eigenvalue weighted by Crippen LogP contribution is 2.16. The predicted molar refractivity (Wildman–Crippen MR) is 76.1 cm³/mol. The van der Waals surface area contributed by atoms with E-state index in [0.717, 1.165) is 5.56 Å². The van der Waals surface area contributed by atoms with E-state index in [1.807, 2.05) is 0 Å². The van der Waals surface area contributed by atoms with Crippen molar-refractivity contribution in [1.82, 2.24) is 0 Å². The van der Waals surface area contributed by atoms with E-state index in [4.69, 9.17) is 10.2 Å². The zero-order chi connectivity index (χ0) is 14.1. The number of rotatable bonds is 2. The Morgan fingerprint density at radius 2 is 1.85 bits per heavy atom. The number of fused-ring (bicyclic) bond motifs is 1. The smallest absolute Gasteiger partial charge is 0.196 e. The van der Waals surface area contributed by atoms with Gasteiger partial charge in [-0.2, -0.15) is 0 Å². The third kappa shape index (κ3) is 2.28. The van der Waals surface area contributed by atoms with Crippen LogP contribution in [-0.4, -0.2) is 0 Å². The molecule has 0 bridgehead atoms. The first-order valence-corrected chi connectivity index (χ1v) is 6.18. The standard InChI is InChI=1S/C16H12FNO2/c17-12-3-1-10(2-4-12)7-11-9-20-15-6-5-13(18)8-14(15)16(11)19/h1-6,8-9H,7,18H2. The molecule has 0 amide bonds. The molecule has 1 heterocycles. The Labute approximate surface area is 114 Å². The van der Waals surface area contributed by atoms with Gasteiger partial charge in [0.25, 0.3) is 0 Å². The average molecular weight is 269 g/mol. The monoisotopic (exact) mass is 269 g/mol. The highest BCUT2D eigenvalue weighted by molar-refractivity contribution is 5.80. The minimum absolute atomic E-state index is 0.108. The van der Waals surface area contributed by atoms with Crippen LogP contribution in [-0.2, 0) is 6.42 Å². The summed E-state index contributed by atoms with van der Waals surface area (Å²) < 4.78 is 18.3. The molecular weight excluding hydrogens is 257 g/mol. The SMILES string of the molecule is Nc1ccc2occ(Cc3ccc(F)cc3)c(=O)c2c1. The first-order valence-electron chi connectivity index (χ1n) is 6.18. The lowest BCUT2D eigenvalue weighted by molar-refractivity contribution is 0.594. The lowest BCUT2D eigenvalue weighted by atomic mass is 10.0. The van der Waals surface area contributed by atoms with Crippen LogP contribution >= 0.6 is 0 Å². The van der Waals surface area contributed by atoms with Gasteiger partial charge in [-0.15, -0.1) is 0 Å². The van der Waals surface area contributed by atoms with Gasteiger partial charge in [0.15, 0.2) is 5.43 Å². The summed E-state index contributed by atoms with van der Waals surface area (Å²) >= 11 is 0. The van der Waals surface area contributed by atoms with Crippen molar-refractivity contribution in [2.24, 2.45) is 0 Å². The molecular formula is C16H12FNO2. The molecule has 20 heavy (non-hydrogen) atoms. The van der Waals surface area contributed by atoms with Gasteiger partial charge in [-0.3, -0.25) is 4.79 Å². The highest BCUT2D eigenvalue weighted by atomic mass is 19.1. The Bertz CT molecular complexity index is 822. The van der Waals surface area contributed by atoms with E-state index in [9.17, 15) is 9.18 Å². The summed E-state index contributed by atoms with van der Waals surface area (Å²) in [7, 11) is 0. The van der Waals surface area contributed by atoms with Gasteiger partial charge in [-0.25, -0.2) is 4.39 Å². The van der Waals surface area contributed by atoms with E-state index in [2.05, 4.69) is 0 Å². The topological polar surface area (TPSA) is 56.2 Å². The van der Waals surface area contributed by atoms with Gasteiger partial charge >= 0.3 is 0 Å². The zero-order valence-electron chi connectivity index (χ0n) is 10.6. The molecule has 0 fully saturated rings. The van der Waals surface area contributed by atoms with Crippen LogP contribution in [0.3, 0.4) is 0 Å². The molecule has 0 aliphatic heterocycles. The lowest BCUT2D eigenvalue weighted by Gasteiger charge is -2.03. The first-order chi connectivity index (χ1) is 9.63. The van der Waals surface area contributed by atoms with Crippen LogP contribution < -0.4 is 11.2 Å². The summed E-state index contributed by atoms with van der Waals surface area (Å²) in [4.78, 5) is 12.4. The van der Waals surface area contributed by atoms with Gasteiger partial charge in [0.2, 0.25) is 0 Å². The van der Waals surface area contributed by atoms with Crippen LogP contribution in [0.5, 0.6) is 0 Å². The summed E-state index contributed by atoms with van der Waals surface area (Å²) in [5.41, 5.74) is 7.98. The molecule has 0 radical (unpaired) electrons. The van der Waals surface area contributed by atoms with Crippen LogP contribution in [0.15, 0.2) is 57.9 Å². The normalized spacial score (nSPS) is 10.8. The maximum Gasteiger partial charge on any atom is 0.196 e. The minimum Gasteiger partial charge on any atom is -0.464 e. The Hall–Kier alpha value is -2.62. The number of nitrogen functional groups attached to an aromatic ring is 1. The van der Waals surface area contributed by atoms with E-state index in [0.29, 0.717) is 28.6 Å². The Balaban J connectivity index is 2.06. The van der Waals surface area contributed by atoms with Gasteiger partial charge in [0, 0.05) is 17.7 Å². The second-order valence-corrected chi connectivity index (χ2v) is 4.65. The predicted octanol–water partition coefficient (Wildman–Crippen LogP) is 3.11.